The van der Waals surface area contributed by atoms with E-state index < -0.39 is 32.0 Å². The van der Waals surface area contributed by atoms with E-state index in [1.165, 1.54) is 6.92 Å². The van der Waals surface area contributed by atoms with Crippen LogP contribution in [0.2, 0.25) is 0 Å². The SMILES string of the molecule is CC1=C(C(F)(F)F)NI(c2ccccc2)C1=N. The molecule has 1 aliphatic heterocycles. The Balaban J connectivity index is 2.33. The maximum atomic E-state index is 12.7. The van der Waals surface area contributed by atoms with Gasteiger partial charge in [0.1, 0.15) is 0 Å². The van der Waals surface area contributed by atoms with Gasteiger partial charge in [0.2, 0.25) is 0 Å². The Bertz CT molecular complexity index is 479. The molecule has 0 atom stereocenters. The Morgan fingerprint density at radius 3 is 2.24 bits per heavy atom. The van der Waals surface area contributed by atoms with Crippen molar-refractivity contribution in [3.05, 3.63) is 45.2 Å². The van der Waals surface area contributed by atoms with Gasteiger partial charge >= 0.3 is 104 Å². The van der Waals surface area contributed by atoms with Gasteiger partial charge in [0, 0.05) is 0 Å². The molecule has 17 heavy (non-hydrogen) atoms. The van der Waals surface area contributed by atoms with Gasteiger partial charge in [0.15, 0.2) is 0 Å². The van der Waals surface area contributed by atoms with E-state index in [1.54, 1.807) is 24.3 Å². The number of allylic oxidation sites excluding steroid dienone is 2. The number of alkyl halides is 3. The third-order valence-electron chi connectivity index (χ3n) is 2.32. The van der Waals surface area contributed by atoms with Crippen molar-refractivity contribution in [1.29, 1.82) is 5.41 Å². The quantitative estimate of drug-likeness (QED) is 0.586. The van der Waals surface area contributed by atoms with Gasteiger partial charge < -0.3 is 0 Å². The summed E-state index contributed by atoms with van der Waals surface area (Å²) in [7, 11) is 0. The molecule has 1 aromatic carbocycles. The zero-order chi connectivity index (χ0) is 12.6. The van der Waals surface area contributed by atoms with Crippen molar-refractivity contribution in [1.82, 2.24) is 3.53 Å². The molecule has 92 valence electrons. The second kappa shape index (κ2) is 4.32. The summed E-state index contributed by atoms with van der Waals surface area (Å²) in [5.41, 5.74) is -0.705. The van der Waals surface area contributed by atoms with Gasteiger partial charge in [-0.15, -0.1) is 0 Å². The molecular weight excluding hydrogens is 344 g/mol. The molecule has 0 fully saturated rings. The van der Waals surface area contributed by atoms with E-state index in [0.29, 0.717) is 0 Å². The summed E-state index contributed by atoms with van der Waals surface area (Å²) in [4.78, 5) is 0. The zero-order valence-corrected chi connectivity index (χ0v) is 11.1. The zero-order valence-electron chi connectivity index (χ0n) is 8.90. The van der Waals surface area contributed by atoms with E-state index in [1.807, 2.05) is 6.07 Å². The summed E-state index contributed by atoms with van der Waals surface area (Å²) >= 11 is -2.40. The van der Waals surface area contributed by atoms with Crippen LogP contribution in [0.1, 0.15) is 6.92 Å². The Morgan fingerprint density at radius 1 is 1.18 bits per heavy atom. The molecule has 1 aliphatic rings. The van der Waals surface area contributed by atoms with Gasteiger partial charge in [-0.2, -0.15) is 0 Å². The standard InChI is InChI=1S/C11H10F3IN2/c1-7-9(11(12,13)14)17-15(10(7)16)8-5-3-2-4-6-8/h2-6,16-17H,1H3. The topological polar surface area (TPSA) is 35.9 Å². The van der Waals surface area contributed by atoms with Crippen molar-refractivity contribution in [3.8, 4) is 0 Å². The van der Waals surface area contributed by atoms with Gasteiger partial charge in [-0.3, -0.25) is 0 Å². The Hall–Kier alpha value is -1.05. The molecule has 6 heteroatoms. The number of rotatable bonds is 1. The molecule has 0 aliphatic carbocycles. The van der Waals surface area contributed by atoms with Gasteiger partial charge in [0.25, 0.3) is 0 Å². The van der Waals surface area contributed by atoms with Crippen molar-refractivity contribution < 1.29 is 13.2 Å². The van der Waals surface area contributed by atoms with Crippen molar-refractivity contribution >= 4 is 23.8 Å². The Morgan fingerprint density at radius 2 is 1.76 bits per heavy atom. The van der Waals surface area contributed by atoms with E-state index in [9.17, 15) is 13.2 Å². The molecule has 0 unspecified atom stereocenters. The molecule has 2 nitrogen and oxygen atoms in total. The predicted octanol–water partition coefficient (Wildman–Crippen LogP) is 3.69. The minimum atomic E-state index is -4.39. The molecule has 0 amide bonds. The monoisotopic (exact) mass is 354 g/mol. The second-order valence-corrected chi connectivity index (χ2v) is 7.97. The first-order valence-corrected chi connectivity index (χ1v) is 8.03. The van der Waals surface area contributed by atoms with Gasteiger partial charge in [-0.05, 0) is 0 Å². The summed E-state index contributed by atoms with van der Waals surface area (Å²) < 4.78 is 41.5. The molecule has 0 aromatic heterocycles. The molecule has 1 aromatic rings. The summed E-state index contributed by atoms with van der Waals surface area (Å²) in [6, 6.07) is 8.92. The molecule has 0 saturated carbocycles. The average molecular weight is 354 g/mol. The predicted molar refractivity (Wildman–Crippen MR) is 68.8 cm³/mol. The summed E-state index contributed by atoms with van der Waals surface area (Å²) in [6.07, 6.45) is -4.39. The van der Waals surface area contributed by atoms with Crippen molar-refractivity contribution in [3.63, 3.8) is 0 Å². The molecular formula is C11H10F3IN2. The van der Waals surface area contributed by atoms with E-state index in [4.69, 9.17) is 5.41 Å². The molecule has 0 saturated heterocycles. The minimum absolute atomic E-state index is 0.0338. The van der Waals surface area contributed by atoms with Gasteiger partial charge in [-0.1, -0.05) is 0 Å². The van der Waals surface area contributed by atoms with Crippen LogP contribution in [0.5, 0.6) is 0 Å². The fraction of sp³-hybridized carbons (Fsp3) is 0.182. The van der Waals surface area contributed by atoms with E-state index in [0.717, 1.165) is 3.57 Å². The molecule has 0 radical (unpaired) electrons. The van der Waals surface area contributed by atoms with Crippen LogP contribution < -0.4 is 3.53 Å². The second-order valence-electron chi connectivity index (χ2n) is 3.49. The molecule has 2 rings (SSSR count). The summed E-state index contributed by atoms with van der Waals surface area (Å²) in [6.45, 7) is 1.36. The van der Waals surface area contributed by atoms with Crippen LogP contribution in [-0.4, -0.2) is 9.89 Å². The van der Waals surface area contributed by atoms with Crippen molar-refractivity contribution in [2.75, 3.05) is 0 Å². The van der Waals surface area contributed by atoms with Crippen molar-refractivity contribution in [2.45, 2.75) is 13.1 Å². The third kappa shape index (κ3) is 2.31. The van der Waals surface area contributed by atoms with Crippen LogP contribution in [0, 0.1) is 8.98 Å². The van der Waals surface area contributed by atoms with E-state index in [-0.39, 0.29) is 9.29 Å². The molecule has 1 heterocycles. The first-order valence-electron chi connectivity index (χ1n) is 4.79. The fourth-order valence-electron chi connectivity index (χ4n) is 1.43. The average Bonchev–Trinajstić information content (AvgIpc) is 2.57. The summed E-state index contributed by atoms with van der Waals surface area (Å²) in [5, 5.41) is 7.81. The number of hydrogen-bond donors (Lipinski definition) is 2. The molecule has 0 bridgehead atoms. The first kappa shape index (κ1) is 12.4. The van der Waals surface area contributed by atoms with Crippen molar-refractivity contribution in [2.24, 2.45) is 0 Å². The maximum absolute atomic E-state index is 12.7. The molecule has 0 spiro atoms. The normalized spacial score (nSPS) is 18.6. The van der Waals surface area contributed by atoms with Crippen LogP contribution in [0.3, 0.4) is 0 Å². The van der Waals surface area contributed by atoms with Gasteiger partial charge in [-0.25, -0.2) is 0 Å². The van der Waals surface area contributed by atoms with E-state index in [2.05, 4.69) is 3.53 Å². The third-order valence-corrected chi connectivity index (χ3v) is 7.25. The number of halogens is 4. The van der Waals surface area contributed by atoms with Crippen LogP contribution in [0.25, 0.3) is 0 Å². The number of benzene rings is 1. The Labute approximate surface area is 104 Å². The van der Waals surface area contributed by atoms with Crippen LogP contribution in [0.4, 0.5) is 13.2 Å². The molecule has 2 N–H and O–H groups in total. The first-order chi connectivity index (χ1) is 7.91. The fourth-order valence-corrected chi connectivity index (χ4v) is 6.10. The van der Waals surface area contributed by atoms with Gasteiger partial charge in [0.05, 0.1) is 0 Å². The number of nitrogens with one attached hydrogen (secondary N) is 2. The van der Waals surface area contributed by atoms with Crippen LogP contribution in [-0.2, 0) is 0 Å². The Kier molecular flexibility index (Phi) is 3.15. The van der Waals surface area contributed by atoms with Crippen LogP contribution in [0.15, 0.2) is 41.6 Å². The summed E-state index contributed by atoms with van der Waals surface area (Å²) in [5.74, 6) is 0. The van der Waals surface area contributed by atoms with Crippen LogP contribution >= 0.6 is 20.1 Å². The number of hydrogen-bond acceptors (Lipinski definition) is 2. The van der Waals surface area contributed by atoms with E-state index >= 15 is 0 Å².